The molecule has 2 aromatic heterocycles. The van der Waals surface area contributed by atoms with Crippen LogP contribution in [0.3, 0.4) is 0 Å². The van der Waals surface area contributed by atoms with Gasteiger partial charge in [-0.05, 0) is 38.2 Å². The van der Waals surface area contributed by atoms with Gasteiger partial charge < -0.3 is 10.1 Å². The number of fused-ring (bicyclic) bond motifs is 1. The van der Waals surface area contributed by atoms with Crippen molar-refractivity contribution in [1.82, 2.24) is 9.78 Å². The van der Waals surface area contributed by atoms with Crippen LogP contribution in [-0.2, 0) is 28.9 Å². The Morgan fingerprint density at radius 1 is 1.43 bits per heavy atom. The maximum atomic E-state index is 12.4. The lowest BCUT2D eigenvalue weighted by atomic mass is 10.1. The number of carbonyl (C=O) groups is 2. The highest BCUT2D eigenvalue weighted by Crippen LogP contribution is 2.38. The summed E-state index contributed by atoms with van der Waals surface area (Å²) in [4.78, 5) is 25.7. The molecular formula is C19H21ClN4O3S. The van der Waals surface area contributed by atoms with Crippen LogP contribution in [0.15, 0.2) is 0 Å². The predicted octanol–water partition coefficient (Wildman–Crippen LogP) is 3.86. The number of nitrogens with zero attached hydrogens (tertiary/aromatic N) is 3. The minimum Gasteiger partial charge on any atom is -0.452 e. The van der Waals surface area contributed by atoms with Gasteiger partial charge in [0.2, 0.25) is 0 Å². The summed E-state index contributed by atoms with van der Waals surface area (Å²) >= 11 is 7.67. The van der Waals surface area contributed by atoms with Gasteiger partial charge in [-0.1, -0.05) is 24.9 Å². The van der Waals surface area contributed by atoms with Gasteiger partial charge in [-0.25, -0.2) is 4.79 Å². The number of rotatable bonds is 7. The molecule has 3 rings (SSSR count). The largest absolute Gasteiger partial charge is 0.452 e. The lowest BCUT2D eigenvalue weighted by Gasteiger charge is -2.06. The highest BCUT2D eigenvalue weighted by Gasteiger charge is 2.25. The normalized spacial score (nSPS) is 12.5. The Kier molecular flexibility index (Phi) is 6.37. The van der Waals surface area contributed by atoms with E-state index in [1.165, 1.54) is 11.3 Å². The van der Waals surface area contributed by atoms with Crippen molar-refractivity contribution in [3.8, 4) is 6.07 Å². The summed E-state index contributed by atoms with van der Waals surface area (Å²) < 4.78 is 6.70. The SMILES string of the molecule is CCCCn1nc(C)c(C(=O)OCC(=O)Nc2sc3c(c2C#N)CCC3)c1Cl. The van der Waals surface area contributed by atoms with E-state index in [0.29, 0.717) is 22.8 Å². The van der Waals surface area contributed by atoms with Crippen molar-refractivity contribution < 1.29 is 14.3 Å². The van der Waals surface area contributed by atoms with Gasteiger partial charge >= 0.3 is 5.97 Å². The first-order valence-corrected chi connectivity index (χ1v) is 10.4. The monoisotopic (exact) mass is 420 g/mol. The number of unbranched alkanes of at least 4 members (excludes halogenated alkanes) is 1. The topological polar surface area (TPSA) is 97.0 Å². The molecule has 28 heavy (non-hydrogen) atoms. The third-order valence-corrected chi connectivity index (χ3v) is 6.20. The second-order valence-corrected chi connectivity index (χ2v) is 8.09. The standard InChI is InChI=1S/C19H21ClN4O3S/c1-3-4-8-24-17(20)16(11(2)23-24)19(26)27-10-15(25)22-18-13(9-21)12-6-5-7-14(12)28-18/h3-8,10H2,1-2H3,(H,22,25). The van der Waals surface area contributed by atoms with Gasteiger partial charge in [0.25, 0.3) is 5.91 Å². The number of nitriles is 1. The first-order chi connectivity index (χ1) is 13.5. The molecule has 0 radical (unpaired) electrons. The molecule has 0 unspecified atom stereocenters. The van der Waals surface area contributed by atoms with Crippen LogP contribution in [0.4, 0.5) is 5.00 Å². The molecule has 0 aliphatic heterocycles. The summed E-state index contributed by atoms with van der Waals surface area (Å²) in [6.45, 7) is 3.89. The summed E-state index contributed by atoms with van der Waals surface area (Å²) in [5.41, 5.74) is 2.20. The van der Waals surface area contributed by atoms with Crippen LogP contribution in [0.1, 0.15) is 58.2 Å². The first-order valence-electron chi connectivity index (χ1n) is 9.20. The van der Waals surface area contributed by atoms with E-state index in [-0.39, 0.29) is 10.7 Å². The molecule has 1 aliphatic rings. The van der Waals surface area contributed by atoms with Gasteiger partial charge in [0.05, 0.1) is 11.3 Å². The van der Waals surface area contributed by atoms with Gasteiger partial charge in [0, 0.05) is 11.4 Å². The zero-order chi connectivity index (χ0) is 20.3. The van der Waals surface area contributed by atoms with Crippen molar-refractivity contribution in [2.45, 2.75) is 52.5 Å². The number of halogens is 1. The highest BCUT2D eigenvalue weighted by atomic mass is 35.5. The number of aryl methyl sites for hydroxylation is 3. The molecule has 0 aromatic carbocycles. The maximum absolute atomic E-state index is 12.4. The predicted molar refractivity (Wildman–Crippen MR) is 107 cm³/mol. The molecule has 1 N–H and O–H groups in total. The number of anilines is 1. The molecule has 0 fully saturated rings. The first kappa shape index (κ1) is 20.4. The Balaban J connectivity index is 1.62. The van der Waals surface area contributed by atoms with Crippen LogP contribution >= 0.6 is 22.9 Å². The second-order valence-electron chi connectivity index (χ2n) is 6.63. The smallest absolute Gasteiger partial charge is 0.343 e. The van der Waals surface area contributed by atoms with E-state index in [2.05, 4.69) is 23.4 Å². The van der Waals surface area contributed by atoms with Crippen LogP contribution in [-0.4, -0.2) is 28.3 Å². The molecule has 1 amide bonds. The fourth-order valence-corrected chi connectivity index (χ4v) is 4.81. The molecule has 0 bridgehead atoms. The second kappa shape index (κ2) is 8.76. The van der Waals surface area contributed by atoms with Crippen LogP contribution < -0.4 is 5.32 Å². The molecule has 2 heterocycles. The third kappa shape index (κ3) is 4.05. The number of nitrogens with one attached hydrogen (secondary N) is 1. The molecule has 1 aliphatic carbocycles. The maximum Gasteiger partial charge on any atom is 0.343 e. The number of thiophene rings is 1. The van der Waals surface area contributed by atoms with E-state index < -0.39 is 18.5 Å². The van der Waals surface area contributed by atoms with E-state index in [1.54, 1.807) is 11.6 Å². The van der Waals surface area contributed by atoms with E-state index >= 15 is 0 Å². The van der Waals surface area contributed by atoms with Crippen molar-refractivity contribution in [3.63, 3.8) is 0 Å². The van der Waals surface area contributed by atoms with E-state index in [9.17, 15) is 14.9 Å². The molecule has 2 aromatic rings. The number of carbonyl (C=O) groups excluding carboxylic acids is 2. The fraction of sp³-hybridized carbons (Fsp3) is 0.474. The summed E-state index contributed by atoms with van der Waals surface area (Å²) in [7, 11) is 0. The lowest BCUT2D eigenvalue weighted by Crippen LogP contribution is -2.21. The number of ether oxygens (including phenoxy) is 1. The Bertz CT molecular complexity index is 958. The van der Waals surface area contributed by atoms with Gasteiger partial charge in [-0.3, -0.25) is 9.48 Å². The van der Waals surface area contributed by atoms with Crippen molar-refractivity contribution in [2.24, 2.45) is 0 Å². The van der Waals surface area contributed by atoms with E-state index in [4.69, 9.17) is 16.3 Å². The molecule has 0 saturated carbocycles. The third-order valence-electron chi connectivity index (χ3n) is 4.61. The Morgan fingerprint density at radius 3 is 2.93 bits per heavy atom. The average molecular weight is 421 g/mol. The quantitative estimate of drug-likeness (QED) is 0.686. The molecule has 0 saturated heterocycles. The summed E-state index contributed by atoms with van der Waals surface area (Å²) in [5.74, 6) is -1.17. The number of esters is 1. The van der Waals surface area contributed by atoms with Gasteiger partial charge in [0.1, 0.15) is 21.8 Å². The van der Waals surface area contributed by atoms with Crippen molar-refractivity contribution in [3.05, 3.63) is 32.4 Å². The van der Waals surface area contributed by atoms with Gasteiger partial charge in [0.15, 0.2) is 6.61 Å². The number of hydrogen-bond donors (Lipinski definition) is 1. The van der Waals surface area contributed by atoms with Crippen LogP contribution in [0.5, 0.6) is 0 Å². The summed E-state index contributed by atoms with van der Waals surface area (Å²) in [6.07, 6.45) is 4.70. The van der Waals surface area contributed by atoms with Crippen molar-refractivity contribution in [2.75, 3.05) is 11.9 Å². The molecule has 9 heteroatoms. The molecule has 0 atom stereocenters. The molecule has 0 spiro atoms. The molecular weight excluding hydrogens is 400 g/mol. The fourth-order valence-electron chi connectivity index (χ4n) is 3.22. The van der Waals surface area contributed by atoms with Crippen LogP contribution in [0.2, 0.25) is 5.15 Å². The Morgan fingerprint density at radius 2 is 2.21 bits per heavy atom. The zero-order valence-electron chi connectivity index (χ0n) is 15.8. The summed E-state index contributed by atoms with van der Waals surface area (Å²) in [6, 6.07) is 2.17. The lowest BCUT2D eigenvalue weighted by molar-refractivity contribution is -0.119. The van der Waals surface area contributed by atoms with E-state index in [0.717, 1.165) is 42.5 Å². The minimum atomic E-state index is -0.686. The van der Waals surface area contributed by atoms with Gasteiger partial charge in [-0.15, -0.1) is 11.3 Å². The minimum absolute atomic E-state index is 0.179. The Labute approximate surface area is 172 Å². The highest BCUT2D eigenvalue weighted by molar-refractivity contribution is 7.16. The molecule has 7 nitrogen and oxygen atoms in total. The van der Waals surface area contributed by atoms with Crippen molar-refractivity contribution >= 4 is 39.8 Å². The summed E-state index contributed by atoms with van der Waals surface area (Å²) in [5, 5.41) is 17.1. The van der Waals surface area contributed by atoms with Gasteiger partial charge in [-0.2, -0.15) is 10.4 Å². The molecule has 148 valence electrons. The van der Waals surface area contributed by atoms with Crippen LogP contribution in [0, 0.1) is 18.3 Å². The number of hydrogen-bond acceptors (Lipinski definition) is 6. The van der Waals surface area contributed by atoms with E-state index in [1.807, 2.05) is 0 Å². The van der Waals surface area contributed by atoms with Crippen LogP contribution in [0.25, 0.3) is 0 Å². The Hall–Kier alpha value is -2.37. The number of aromatic nitrogens is 2. The van der Waals surface area contributed by atoms with Crippen molar-refractivity contribution in [1.29, 1.82) is 5.26 Å². The zero-order valence-corrected chi connectivity index (χ0v) is 17.4. The number of amides is 1. The average Bonchev–Trinajstić information content (AvgIpc) is 3.31.